The van der Waals surface area contributed by atoms with Crippen LogP contribution in [0.3, 0.4) is 0 Å². The molecule has 1 aliphatic carbocycles. The molecule has 0 bridgehead atoms. The highest BCUT2D eigenvalue weighted by atomic mass is 79.9. The van der Waals surface area contributed by atoms with Crippen molar-refractivity contribution in [3.63, 3.8) is 0 Å². The molecule has 1 unspecified atom stereocenters. The maximum Gasteiger partial charge on any atom is 0.317 e. The van der Waals surface area contributed by atoms with Gasteiger partial charge in [0.25, 0.3) is 0 Å². The Morgan fingerprint density at radius 1 is 1.70 bits per heavy atom. The van der Waals surface area contributed by atoms with Gasteiger partial charge < -0.3 is 5.11 Å². The van der Waals surface area contributed by atoms with E-state index in [1.54, 1.807) is 0 Å². The Kier molecular flexibility index (Phi) is 2.72. The van der Waals surface area contributed by atoms with Gasteiger partial charge in [-0.15, -0.1) is 0 Å². The zero-order chi connectivity index (χ0) is 7.56. The zero-order valence-electron chi connectivity index (χ0n) is 5.72. The molecule has 1 atom stereocenters. The highest BCUT2D eigenvalue weighted by molar-refractivity contribution is 9.10. The van der Waals surface area contributed by atoms with Crippen LogP contribution in [0.4, 0.5) is 0 Å². The first-order chi connectivity index (χ1) is 4.70. The van der Waals surface area contributed by atoms with E-state index in [4.69, 9.17) is 5.11 Å². The average Bonchev–Trinajstić information content (AvgIpc) is 1.77. The molecule has 1 fully saturated rings. The Morgan fingerprint density at radius 3 is 2.60 bits per heavy atom. The molecule has 0 saturated heterocycles. The topological polar surface area (TPSA) is 37.3 Å². The second kappa shape index (κ2) is 3.37. The lowest BCUT2D eigenvalue weighted by Crippen LogP contribution is -2.21. The fourth-order valence-electron chi connectivity index (χ4n) is 1.12. The van der Waals surface area contributed by atoms with Gasteiger partial charge in [0.2, 0.25) is 0 Å². The number of halogens is 1. The van der Waals surface area contributed by atoms with E-state index in [0.717, 1.165) is 6.42 Å². The van der Waals surface area contributed by atoms with E-state index < -0.39 is 5.97 Å². The molecule has 10 heavy (non-hydrogen) atoms. The minimum atomic E-state index is -0.730. The number of rotatable bonds is 3. The van der Waals surface area contributed by atoms with Crippen molar-refractivity contribution in [2.75, 3.05) is 0 Å². The number of hydrogen-bond donors (Lipinski definition) is 1. The zero-order valence-corrected chi connectivity index (χ0v) is 7.30. The van der Waals surface area contributed by atoms with E-state index in [2.05, 4.69) is 15.9 Å². The lowest BCUT2D eigenvalue weighted by atomic mass is 9.82. The second-order valence-electron chi connectivity index (χ2n) is 2.84. The van der Waals surface area contributed by atoms with Crippen molar-refractivity contribution in [1.82, 2.24) is 0 Å². The number of carbonyl (C=O) groups is 1. The summed E-state index contributed by atoms with van der Waals surface area (Å²) >= 11 is 3.12. The molecule has 2 nitrogen and oxygen atoms in total. The number of alkyl halides is 1. The molecular weight excluding hydrogens is 196 g/mol. The van der Waals surface area contributed by atoms with E-state index in [1.807, 2.05) is 0 Å². The van der Waals surface area contributed by atoms with Gasteiger partial charge in [-0.05, 0) is 12.3 Å². The third-order valence-electron chi connectivity index (χ3n) is 2.03. The summed E-state index contributed by atoms with van der Waals surface area (Å²) in [6.07, 6.45) is 4.52. The van der Waals surface area contributed by atoms with E-state index >= 15 is 0 Å². The molecule has 0 aromatic carbocycles. The van der Waals surface area contributed by atoms with Gasteiger partial charge in [-0.2, -0.15) is 0 Å². The van der Waals surface area contributed by atoms with Crippen LogP contribution in [0.2, 0.25) is 0 Å². The van der Waals surface area contributed by atoms with Gasteiger partial charge in [0, 0.05) is 0 Å². The van der Waals surface area contributed by atoms with Crippen LogP contribution in [0.15, 0.2) is 0 Å². The molecule has 0 heterocycles. The maximum atomic E-state index is 10.3. The average molecular weight is 207 g/mol. The third kappa shape index (κ3) is 1.97. The Bertz CT molecular complexity index is 132. The summed E-state index contributed by atoms with van der Waals surface area (Å²) in [6.45, 7) is 0. The molecule has 1 saturated carbocycles. The van der Waals surface area contributed by atoms with Crippen molar-refractivity contribution < 1.29 is 9.90 Å². The molecule has 0 radical (unpaired) electrons. The molecule has 1 aliphatic rings. The first-order valence-corrected chi connectivity index (χ1v) is 4.48. The van der Waals surface area contributed by atoms with Gasteiger partial charge in [0.1, 0.15) is 4.83 Å². The molecule has 58 valence electrons. The summed E-state index contributed by atoms with van der Waals surface area (Å²) in [5.74, 6) is -0.0626. The molecule has 3 heteroatoms. The monoisotopic (exact) mass is 206 g/mol. The molecule has 0 aromatic heterocycles. The summed E-state index contributed by atoms with van der Waals surface area (Å²) in [5, 5.41) is 8.50. The minimum absolute atomic E-state index is 0.321. The fraction of sp³-hybridized carbons (Fsp3) is 0.857. The Labute approximate surface area is 68.7 Å². The lowest BCUT2D eigenvalue weighted by Gasteiger charge is -2.25. The molecule has 0 aliphatic heterocycles. The molecule has 0 amide bonds. The van der Waals surface area contributed by atoms with Crippen molar-refractivity contribution in [2.24, 2.45) is 5.92 Å². The van der Waals surface area contributed by atoms with Gasteiger partial charge in [0.15, 0.2) is 0 Å². The number of carboxylic acid groups (broad SMARTS) is 1. The van der Waals surface area contributed by atoms with Crippen molar-refractivity contribution in [3.8, 4) is 0 Å². The van der Waals surface area contributed by atoms with Crippen LogP contribution < -0.4 is 0 Å². The van der Waals surface area contributed by atoms with Crippen LogP contribution in [0, 0.1) is 5.92 Å². The van der Waals surface area contributed by atoms with Crippen molar-refractivity contribution >= 4 is 21.9 Å². The number of hydrogen-bond acceptors (Lipinski definition) is 1. The van der Waals surface area contributed by atoms with Gasteiger partial charge in [-0.1, -0.05) is 35.2 Å². The van der Waals surface area contributed by atoms with Gasteiger partial charge >= 0.3 is 5.97 Å². The van der Waals surface area contributed by atoms with Crippen LogP contribution in [0.1, 0.15) is 25.7 Å². The molecule has 0 aromatic rings. The predicted molar refractivity (Wildman–Crippen MR) is 42.3 cm³/mol. The van der Waals surface area contributed by atoms with Gasteiger partial charge in [0.05, 0.1) is 0 Å². The smallest absolute Gasteiger partial charge is 0.317 e. The van der Waals surface area contributed by atoms with E-state index in [9.17, 15) is 4.79 Å². The van der Waals surface area contributed by atoms with Crippen molar-refractivity contribution in [1.29, 1.82) is 0 Å². The van der Waals surface area contributed by atoms with E-state index in [-0.39, 0.29) is 4.83 Å². The SMILES string of the molecule is O=C(O)C(Br)CC1CCC1. The van der Waals surface area contributed by atoms with E-state index in [0.29, 0.717) is 5.92 Å². The summed E-state index contributed by atoms with van der Waals surface area (Å²) in [7, 11) is 0. The molecule has 1 rings (SSSR count). The summed E-state index contributed by atoms with van der Waals surface area (Å²) < 4.78 is 0. The summed E-state index contributed by atoms with van der Waals surface area (Å²) in [5.41, 5.74) is 0. The Hall–Kier alpha value is -0.0500. The number of carboxylic acids is 1. The van der Waals surface area contributed by atoms with Gasteiger partial charge in [-0.25, -0.2) is 0 Å². The fourth-order valence-corrected chi connectivity index (χ4v) is 1.65. The molecular formula is C7H11BrO2. The molecule has 0 spiro atoms. The Balaban J connectivity index is 2.16. The van der Waals surface area contributed by atoms with Crippen LogP contribution in [-0.2, 0) is 4.79 Å². The van der Waals surface area contributed by atoms with Crippen molar-refractivity contribution in [2.45, 2.75) is 30.5 Å². The predicted octanol–water partition coefficient (Wildman–Crippen LogP) is 2.02. The minimum Gasteiger partial charge on any atom is -0.480 e. The summed E-state index contributed by atoms with van der Waals surface area (Å²) in [4.78, 5) is 10.0. The van der Waals surface area contributed by atoms with Crippen LogP contribution in [0.5, 0.6) is 0 Å². The third-order valence-corrected chi connectivity index (χ3v) is 2.80. The highest BCUT2D eigenvalue weighted by Crippen LogP contribution is 2.32. The first-order valence-electron chi connectivity index (χ1n) is 3.57. The quantitative estimate of drug-likeness (QED) is 0.719. The molecule has 1 N–H and O–H groups in total. The summed E-state index contributed by atoms with van der Waals surface area (Å²) in [6, 6.07) is 0. The van der Waals surface area contributed by atoms with Crippen LogP contribution in [-0.4, -0.2) is 15.9 Å². The van der Waals surface area contributed by atoms with E-state index in [1.165, 1.54) is 19.3 Å². The maximum absolute atomic E-state index is 10.3. The largest absolute Gasteiger partial charge is 0.480 e. The van der Waals surface area contributed by atoms with Gasteiger partial charge in [-0.3, -0.25) is 4.79 Å². The second-order valence-corrected chi connectivity index (χ2v) is 3.94. The van der Waals surface area contributed by atoms with Crippen molar-refractivity contribution in [3.05, 3.63) is 0 Å². The standard InChI is InChI=1S/C7H11BrO2/c8-6(7(9)10)4-5-2-1-3-5/h5-6H,1-4H2,(H,9,10). The first kappa shape index (κ1) is 8.05. The Morgan fingerprint density at radius 2 is 2.30 bits per heavy atom. The normalized spacial score (nSPS) is 21.7. The van der Waals surface area contributed by atoms with Crippen LogP contribution in [0.25, 0.3) is 0 Å². The number of aliphatic carboxylic acids is 1. The highest BCUT2D eigenvalue weighted by Gasteiger charge is 2.23. The lowest BCUT2D eigenvalue weighted by molar-refractivity contribution is -0.136. The van der Waals surface area contributed by atoms with Crippen LogP contribution >= 0.6 is 15.9 Å².